The fourth-order valence-electron chi connectivity index (χ4n) is 2.03. The number of aliphatic hydroxyl groups is 2. The Kier molecular flexibility index (Phi) is 36.5. The first-order valence-corrected chi connectivity index (χ1v) is 10.2. The van der Waals surface area contributed by atoms with Crippen LogP contribution in [0.5, 0.6) is 0 Å². The van der Waals surface area contributed by atoms with Gasteiger partial charge < -0.3 is 19.7 Å². The maximum Gasteiger partial charge on any atom is 0.330 e. The molecule has 0 heterocycles. The first kappa shape index (κ1) is 29.8. The summed E-state index contributed by atoms with van der Waals surface area (Å²) in [6, 6.07) is 0. The van der Waals surface area contributed by atoms with E-state index in [9.17, 15) is 4.79 Å². The van der Waals surface area contributed by atoms with Crippen LogP contribution in [-0.2, 0) is 14.3 Å². The molecule has 0 spiro atoms. The number of hydrogen-bond acceptors (Lipinski definition) is 5. The zero-order valence-electron chi connectivity index (χ0n) is 17.5. The van der Waals surface area contributed by atoms with Crippen LogP contribution in [0.25, 0.3) is 0 Å². The third kappa shape index (κ3) is 38.6. The van der Waals surface area contributed by atoms with Crippen molar-refractivity contribution in [1.82, 2.24) is 0 Å². The Hall–Kier alpha value is -0.910. The van der Waals surface area contributed by atoms with Gasteiger partial charge in [-0.2, -0.15) is 0 Å². The van der Waals surface area contributed by atoms with Crippen LogP contribution in [0.1, 0.15) is 85.0 Å². The summed E-state index contributed by atoms with van der Waals surface area (Å²) < 4.78 is 9.74. The van der Waals surface area contributed by atoms with Crippen LogP contribution in [0.4, 0.5) is 0 Å². The summed E-state index contributed by atoms with van der Waals surface area (Å²) in [5.41, 5.74) is 0. The number of carbonyl (C=O) groups excluding carboxylic acids is 1. The average molecular weight is 377 g/mol. The van der Waals surface area contributed by atoms with E-state index >= 15 is 0 Å². The van der Waals surface area contributed by atoms with Gasteiger partial charge in [0.2, 0.25) is 0 Å². The molecule has 5 nitrogen and oxygen atoms in total. The summed E-state index contributed by atoms with van der Waals surface area (Å²) in [5.74, 6) is -0.305. The molecule has 0 rings (SSSR count). The van der Waals surface area contributed by atoms with Crippen LogP contribution in [0, 0.1) is 0 Å². The average Bonchev–Trinajstić information content (AvgIpc) is 2.67. The molecule has 158 valence electrons. The second kappa shape index (κ2) is 31.8. The summed E-state index contributed by atoms with van der Waals surface area (Å²) in [5, 5.41) is 15.2. The van der Waals surface area contributed by atoms with E-state index < -0.39 is 0 Å². The number of aliphatic hydroxyl groups excluding tert-OH is 2. The van der Waals surface area contributed by atoms with Crippen molar-refractivity contribution in [2.75, 3.05) is 33.0 Å². The maximum atomic E-state index is 10.7. The molecule has 0 fully saturated rings. The molecule has 0 bridgehead atoms. The third-order valence-electron chi connectivity index (χ3n) is 3.42. The fraction of sp³-hybridized carbons (Fsp3) is 0.857. The molecule has 0 radical (unpaired) electrons. The normalized spacial score (nSPS) is 9.42. The second-order valence-electron chi connectivity index (χ2n) is 5.78. The van der Waals surface area contributed by atoms with Gasteiger partial charge in [-0.15, -0.1) is 0 Å². The monoisotopic (exact) mass is 376 g/mol. The van der Waals surface area contributed by atoms with Gasteiger partial charge in [0.25, 0.3) is 0 Å². The van der Waals surface area contributed by atoms with Crippen LogP contribution in [0.2, 0.25) is 0 Å². The van der Waals surface area contributed by atoms with E-state index in [0.717, 1.165) is 19.6 Å². The Balaban J connectivity index is -0.000000484. The molecule has 0 amide bonds. The zero-order valence-corrected chi connectivity index (χ0v) is 17.5. The molecule has 2 N–H and O–H groups in total. The summed E-state index contributed by atoms with van der Waals surface area (Å²) in [6.07, 6.45) is 14.2. The van der Waals surface area contributed by atoms with Crippen molar-refractivity contribution in [1.29, 1.82) is 0 Å². The lowest BCUT2D eigenvalue weighted by Crippen LogP contribution is -2.01. The first-order chi connectivity index (χ1) is 12.6. The Bertz CT molecular complexity index is 253. The van der Waals surface area contributed by atoms with E-state index in [2.05, 4.69) is 13.5 Å². The van der Waals surface area contributed by atoms with E-state index in [1.54, 1.807) is 0 Å². The Morgan fingerprint density at radius 1 is 0.808 bits per heavy atom. The molecule has 0 saturated heterocycles. The Morgan fingerprint density at radius 2 is 1.23 bits per heavy atom. The van der Waals surface area contributed by atoms with Crippen LogP contribution in [0.3, 0.4) is 0 Å². The lowest BCUT2D eigenvalue weighted by atomic mass is 10.1. The fourth-order valence-corrected chi connectivity index (χ4v) is 2.03. The number of ether oxygens (including phenoxy) is 2. The van der Waals surface area contributed by atoms with Crippen molar-refractivity contribution in [2.24, 2.45) is 0 Å². The van der Waals surface area contributed by atoms with Crippen LogP contribution >= 0.6 is 0 Å². The predicted octanol–water partition coefficient (Wildman–Crippen LogP) is 4.65. The van der Waals surface area contributed by atoms with E-state index in [1.165, 1.54) is 63.9 Å². The molecular weight excluding hydrogens is 332 g/mol. The van der Waals surface area contributed by atoms with Gasteiger partial charge in [0, 0.05) is 19.3 Å². The van der Waals surface area contributed by atoms with Gasteiger partial charge in [0.05, 0.1) is 19.8 Å². The number of unbranched alkanes of at least 4 members (excludes halogenated alkanes) is 9. The highest BCUT2D eigenvalue weighted by atomic mass is 16.5. The standard InChI is InChI=1S/C15H28O2.C4H10O.C2H6O2/c1-3-5-6-7-8-9-10-11-12-13-14-17-15(16)4-2;1-3-5-4-2;3-1-2-4/h4H,2-3,5-14H2,1H3;3-4H2,1-2H3;3-4H,1-2H2. The van der Waals surface area contributed by atoms with Crippen molar-refractivity contribution >= 4 is 5.97 Å². The zero-order chi connectivity index (χ0) is 20.3. The van der Waals surface area contributed by atoms with Crippen molar-refractivity contribution in [3.05, 3.63) is 12.7 Å². The molecule has 0 unspecified atom stereocenters. The molecule has 5 heteroatoms. The van der Waals surface area contributed by atoms with Crippen LogP contribution in [-0.4, -0.2) is 49.2 Å². The van der Waals surface area contributed by atoms with Gasteiger partial charge in [0.15, 0.2) is 0 Å². The molecule has 0 aromatic carbocycles. The first-order valence-electron chi connectivity index (χ1n) is 10.2. The summed E-state index contributed by atoms with van der Waals surface area (Å²) in [7, 11) is 0. The van der Waals surface area contributed by atoms with Crippen molar-refractivity contribution < 1.29 is 24.5 Å². The highest BCUT2D eigenvalue weighted by molar-refractivity contribution is 5.81. The minimum atomic E-state index is -0.305. The highest BCUT2D eigenvalue weighted by Gasteiger charge is 1.95. The minimum absolute atomic E-state index is 0.125. The predicted molar refractivity (Wildman–Crippen MR) is 109 cm³/mol. The molecule has 26 heavy (non-hydrogen) atoms. The summed E-state index contributed by atoms with van der Waals surface area (Å²) >= 11 is 0. The molecule has 0 aromatic rings. The molecule has 0 atom stereocenters. The smallest absolute Gasteiger partial charge is 0.330 e. The van der Waals surface area contributed by atoms with Crippen LogP contribution < -0.4 is 0 Å². The lowest BCUT2D eigenvalue weighted by molar-refractivity contribution is -0.137. The highest BCUT2D eigenvalue weighted by Crippen LogP contribution is 2.10. The topological polar surface area (TPSA) is 76.0 Å². The van der Waals surface area contributed by atoms with E-state index in [1.807, 2.05) is 13.8 Å². The Labute approximate surface area is 161 Å². The molecular formula is C21H44O5. The number of hydrogen-bond donors (Lipinski definition) is 2. The minimum Gasteiger partial charge on any atom is -0.463 e. The van der Waals surface area contributed by atoms with Crippen LogP contribution in [0.15, 0.2) is 12.7 Å². The maximum absolute atomic E-state index is 10.7. The van der Waals surface area contributed by atoms with Crippen molar-refractivity contribution in [3.8, 4) is 0 Å². The van der Waals surface area contributed by atoms with Gasteiger partial charge in [-0.1, -0.05) is 71.3 Å². The van der Waals surface area contributed by atoms with E-state index in [4.69, 9.17) is 19.7 Å². The SMILES string of the molecule is C=CC(=O)OCCCCCCCCCCCC.CCOCC.OCCO. The van der Waals surface area contributed by atoms with E-state index in [0.29, 0.717) is 6.61 Å². The molecule has 0 aliphatic rings. The van der Waals surface area contributed by atoms with Gasteiger partial charge in [-0.05, 0) is 20.3 Å². The number of esters is 1. The third-order valence-corrected chi connectivity index (χ3v) is 3.42. The molecule has 0 aromatic heterocycles. The van der Waals surface area contributed by atoms with Crippen molar-refractivity contribution in [3.63, 3.8) is 0 Å². The molecule has 0 saturated carbocycles. The van der Waals surface area contributed by atoms with Gasteiger partial charge in [-0.3, -0.25) is 0 Å². The summed E-state index contributed by atoms with van der Waals surface area (Å²) in [4.78, 5) is 10.7. The molecule has 0 aliphatic carbocycles. The van der Waals surface area contributed by atoms with Gasteiger partial charge in [-0.25, -0.2) is 4.79 Å². The lowest BCUT2D eigenvalue weighted by Gasteiger charge is -2.03. The quantitative estimate of drug-likeness (QED) is 0.247. The Morgan fingerprint density at radius 3 is 1.54 bits per heavy atom. The van der Waals surface area contributed by atoms with Gasteiger partial charge in [0.1, 0.15) is 0 Å². The number of carbonyl (C=O) groups is 1. The van der Waals surface area contributed by atoms with E-state index in [-0.39, 0.29) is 19.2 Å². The second-order valence-corrected chi connectivity index (χ2v) is 5.78. The van der Waals surface area contributed by atoms with Gasteiger partial charge >= 0.3 is 5.97 Å². The molecule has 0 aliphatic heterocycles. The summed E-state index contributed by atoms with van der Waals surface area (Å²) in [6.45, 7) is 11.6. The largest absolute Gasteiger partial charge is 0.463 e. The van der Waals surface area contributed by atoms with Crippen molar-refractivity contribution in [2.45, 2.75) is 85.0 Å². The number of rotatable bonds is 15.